The van der Waals surface area contributed by atoms with Crippen molar-refractivity contribution in [3.63, 3.8) is 0 Å². The first-order valence-corrected chi connectivity index (χ1v) is 6.46. The summed E-state index contributed by atoms with van der Waals surface area (Å²) in [4.78, 5) is 33.1. The van der Waals surface area contributed by atoms with Gasteiger partial charge in [0.1, 0.15) is 11.8 Å². The summed E-state index contributed by atoms with van der Waals surface area (Å²) in [5.41, 5.74) is 0.546. The van der Waals surface area contributed by atoms with Gasteiger partial charge >= 0.3 is 0 Å². The van der Waals surface area contributed by atoms with Gasteiger partial charge in [-0.15, -0.1) is 0 Å². The number of rotatable bonds is 2. The van der Waals surface area contributed by atoms with Crippen molar-refractivity contribution in [2.45, 2.75) is 6.10 Å². The molecule has 3 heterocycles. The number of nitrogens with zero attached hydrogens (tertiary/aromatic N) is 4. The molecule has 1 unspecified atom stereocenters. The number of nitrogens with one attached hydrogen (secondary N) is 1. The number of H-pyrrole nitrogens is 1. The van der Waals surface area contributed by atoms with Gasteiger partial charge in [-0.25, -0.2) is 5.10 Å². The molecule has 1 N–H and O–H groups in total. The minimum absolute atomic E-state index is 0.203. The highest BCUT2D eigenvalue weighted by atomic mass is 16.5. The second-order valence-electron chi connectivity index (χ2n) is 4.55. The number of amides is 1. The number of carbonyl (C=O) groups is 1. The van der Waals surface area contributed by atoms with Crippen LogP contribution in [-0.2, 0) is 4.74 Å². The smallest absolute Gasteiger partial charge is 0.274 e. The fourth-order valence-corrected chi connectivity index (χ4v) is 2.12. The van der Waals surface area contributed by atoms with Crippen molar-refractivity contribution in [1.82, 2.24) is 25.1 Å². The van der Waals surface area contributed by atoms with E-state index in [1.54, 1.807) is 23.5 Å². The molecule has 1 fully saturated rings. The fraction of sp³-hybridized carbons (Fsp3) is 0.308. The maximum atomic E-state index is 12.3. The third-order valence-electron chi connectivity index (χ3n) is 3.16. The number of hydrogen-bond acceptors (Lipinski definition) is 6. The van der Waals surface area contributed by atoms with Gasteiger partial charge in [-0.2, -0.15) is 5.10 Å². The molecule has 108 valence electrons. The number of aromatic amines is 1. The first-order chi connectivity index (χ1) is 10.2. The van der Waals surface area contributed by atoms with E-state index in [0.29, 0.717) is 25.4 Å². The molecule has 0 saturated carbocycles. The zero-order chi connectivity index (χ0) is 14.7. The molecule has 0 radical (unpaired) electrons. The molecule has 21 heavy (non-hydrogen) atoms. The highest BCUT2D eigenvalue weighted by molar-refractivity contribution is 5.92. The first kappa shape index (κ1) is 13.4. The van der Waals surface area contributed by atoms with E-state index in [4.69, 9.17) is 4.74 Å². The Labute approximate surface area is 119 Å². The summed E-state index contributed by atoms with van der Waals surface area (Å²) in [6.07, 6.45) is 4.48. The van der Waals surface area contributed by atoms with Crippen LogP contribution in [0.3, 0.4) is 0 Å². The van der Waals surface area contributed by atoms with E-state index >= 15 is 0 Å². The molecule has 2 aromatic rings. The predicted molar refractivity (Wildman–Crippen MR) is 71.5 cm³/mol. The average molecular weight is 287 g/mol. The summed E-state index contributed by atoms with van der Waals surface area (Å²) in [6, 6.07) is 2.69. The van der Waals surface area contributed by atoms with E-state index in [2.05, 4.69) is 20.2 Å². The van der Waals surface area contributed by atoms with E-state index < -0.39 is 0 Å². The first-order valence-electron chi connectivity index (χ1n) is 6.46. The molecule has 0 aliphatic carbocycles. The van der Waals surface area contributed by atoms with Crippen molar-refractivity contribution in [2.75, 3.05) is 19.7 Å². The van der Waals surface area contributed by atoms with Gasteiger partial charge in [0.2, 0.25) is 0 Å². The maximum Gasteiger partial charge on any atom is 0.274 e. The van der Waals surface area contributed by atoms with Crippen LogP contribution in [-0.4, -0.2) is 50.7 Å². The van der Waals surface area contributed by atoms with Gasteiger partial charge in [0.15, 0.2) is 0 Å². The molecule has 2 aromatic heterocycles. The molecular formula is C13H13N5O3. The fourth-order valence-electron chi connectivity index (χ4n) is 2.12. The van der Waals surface area contributed by atoms with Crippen molar-refractivity contribution >= 4 is 5.91 Å². The highest BCUT2D eigenvalue weighted by Crippen LogP contribution is 2.20. The Morgan fingerprint density at radius 3 is 3.00 bits per heavy atom. The second-order valence-corrected chi connectivity index (χ2v) is 4.55. The molecule has 1 aliphatic rings. The van der Waals surface area contributed by atoms with Crippen LogP contribution in [0.25, 0.3) is 0 Å². The third kappa shape index (κ3) is 2.95. The SMILES string of the molecule is O=C(c1ccc(=O)[nH]n1)N1CCOC(c2cnccn2)C1. The van der Waals surface area contributed by atoms with Gasteiger partial charge in [-0.1, -0.05) is 0 Å². The lowest BCUT2D eigenvalue weighted by Crippen LogP contribution is -2.43. The lowest BCUT2D eigenvalue weighted by molar-refractivity contribution is -0.0251. The van der Waals surface area contributed by atoms with E-state index in [-0.39, 0.29) is 23.3 Å². The van der Waals surface area contributed by atoms with Crippen molar-refractivity contribution < 1.29 is 9.53 Å². The Kier molecular flexibility index (Phi) is 3.69. The van der Waals surface area contributed by atoms with Crippen molar-refractivity contribution in [3.8, 4) is 0 Å². The largest absolute Gasteiger partial charge is 0.368 e. The number of ether oxygens (including phenoxy) is 1. The Hall–Kier alpha value is -2.61. The number of hydrogen-bond donors (Lipinski definition) is 1. The zero-order valence-corrected chi connectivity index (χ0v) is 11.1. The van der Waals surface area contributed by atoms with Crippen LogP contribution in [0.4, 0.5) is 0 Å². The lowest BCUT2D eigenvalue weighted by atomic mass is 10.2. The molecule has 3 rings (SSSR count). The predicted octanol–water partition coefficient (Wildman–Crippen LogP) is -0.226. The molecule has 0 spiro atoms. The van der Waals surface area contributed by atoms with Crippen LogP contribution < -0.4 is 5.56 Å². The highest BCUT2D eigenvalue weighted by Gasteiger charge is 2.27. The quantitative estimate of drug-likeness (QED) is 0.819. The Balaban J connectivity index is 1.75. The van der Waals surface area contributed by atoms with Gasteiger partial charge in [-0.3, -0.25) is 19.6 Å². The topological polar surface area (TPSA) is 101 Å². The van der Waals surface area contributed by atoms with E-state index in [9.17, 15) is 9.59 Å². The number of morpholine rings is 1. The number of carbonyl (C=O) groups excluding carboxylic acids is 1. The van der Waals surface area contributed by atoms with Crippen LogP contribution in [0.2, 0.25) is 0 Å². The Bertz CT molecular complexity index is 667. The van der Waals surface area contributed by atoms with Gasteiger partial charge in [0.25, 0.3) is 11.5 Å². The summed E-state index contributed by atoms with van der Waals surface area (Å²) >= 11 is 0. The minimum Gasteiger partial charge on any atom is -0.368 e. The van der Waals surface area contributed by atoms with E-state index in [1.165, 1.54) is 12.1 Å². The van der Waals surface area contributed by atoms with Crippen LogP contribution in [0.5, 0.6) is 0 Å². The van der Waals surface area contributed by atoms with Crippen LogP contribution in [0, 0.1) is 0 Å². The third-order valence-corrected chi connectivity index (χ3v) is 3.16. The summed E-state index contributed by atoms with van der Waals surface area (Å²) < 4.78 is 5.62. The van der Waals surface area contributed by atoms with Gasteiger partial charge in [-0.05, 0) is 6.07 Å². The van der Waals surface area contributed by atoms with E-state index in [1.807, 2.05) is 0 Å². The van der Waals surface area contributed by atoms with Crippen molar-refractivity contribution in [3.05, 3.63) is 52.5 Å². The molecule has 1 aliphatic heterocycles. The standard InChI is InChI=1S/C13H13N5O3/c19-12-2-1-9(16-17-12)13(20)18-5-6-21-11(8-18)10-7-14-3-4-15-10/h1-4,7,11H,5-6,8H2,(H,17,19). The summed E-state index contributed by atoms with van der Waals surface area (Å²) in [5.74, 6) is -0.247. The van der Waals surface area contributed by atoms with Crippen molar-refractivity contribution in [2.24, 2.45) is 0 Å². The number of aromatic nitrogens is 4. The van der Waals surface area contributed by atoms with Gasteiger partial charge in [0.05, 0.1) is 25.0 Å². The van der Waals surface area contributed by atoms with Crippen LogP contribution in [0.15, 0.2) is 35.5 Å². The zero-order valence-electron chi connectivity index (χ0n) is 11.1. The second kappa shape index (κ2) is 5.80. The molecule has 0 aromatic carbocycles. The molecular weight excluding hydrogens is 274 g/mol. The minimum atomic E-state index is -0.342. The monoisotopic (exact) mass is 287 g/mol. The summed E-state index contributed by atoms with van der Waals surface area (Å²) in [6.45, 7) is 1.26. The molecule has 8 nitrogen and oxygen atoms in total. The normalized spacial score (nSPS) is 18.5. The van der Waals surface area contributed by atoms with Gasteiger partial charge in [0, 0.05) is 25.0 Å². The average Bonchev–Trinajstić information content (AvgIpc) is 2.56. The molecule has 1 atom stereocenters. The Morgan fingerprint density at radius 1 is 1.38 bits per heavy atom. The molecule has 8 heteroatoms. The van der Waals surface area contributed by atoms with Crippen molar-refractivity contribution in [1.29, 1.82) is 0 Å². The van der Waals surface area contributed by atoms with Crippen LogP contribution >= 0.6 is 0 Å². The van der Waals surface area contributed by atoms with Gasteiger partial charge < -0.3 is 9.64 Å². The Morgan fingerprint density at radius 2 is 2.29 bits per heavy atom. The molecule has 0 bridgehead atoms. The summed E-state index contributed by atoms with van der Waals surface area (Å²) in [5, 5.41) is 6.01. The summed E-state index contributed by atoms with van der Waals surface area (Å²) in [7, 11) is 0. The van der Waals surface area contributed by atoms with E-state index in [0.717, 1.165) is 0 Å². The lowest BCUT2D eigenvalue weighted by Gasteiger charge is -2.32. The van der Waals surface area contributed by atoms with Crippen LogP contribution in [0.1, 0.15) is 22.3 Å². The molecule has 1 saturated heterocycles. The maximum absolute atomic E-state index is 12.3. The molecule has 1 amide bonds.